The highest BCUT2D eigenvalue weighted by atomic mass is 19.1. The van der Waals surface area contributed by atoms with Crippen LogP contribution in [0.25, 0.3) is 6.08 Å². The van der Waals surface area contributed by atoms with Crippen molar-refractivity contribution in [2.24, 2.45) is 17.3 Å². The third kappa shape index (κ3) is 2.94. The van der Waals surface area contributed by atoms with Crippen molar-refractivity contribution >= 4 is 11.9 Å². The molecular weight excluding hydrogens is 363 g/mol. The Bertz CT molecular complexity index is 990. The van der Waals surface area contributed by atoms with E-state index in [-0.39, 0.29) is 11.2 Å². The van der Waals surface area contributed by atoms with Crippen molar-refractivity contribution in [2.45, 2.75) is 44.9 Å². The van der Waals surface area contributed by atoms with Crippen molar-refractivity contribution in [3.05, 3.63) is 70.5 Å². The van der Waals surface area contributed by atoms with Crippen molar-refractivity contribution in [3.8, 4) is 5.75 Å². The number of aryl methyl sites for hydroxylation is 1. The van der Waals surface area contributed by atoms with Gasteiger partial charge in [-0.25, -0.2) is 4.39 Å². The standard InChI is InChI=1S/C26H27FO2/c1-26-12-11-22-21-10-8-20(29-2)14-17(21)5-9-23(22)24(26)15-18(25(26)28)13-16-3-6-19(27)7-4-16/h3-4,6-8,10,13-14,22-24H,5,9,11-12,15H2,1-2H3. The number of hydrogen-bond donors (Lipinski definition) is 0. The number of benzene rings is 2. The fourth-order valence-electron chi connectivity index (χ4n) is 6.25. The lowest BCUT2D eigenvalue weighted by molar-refractivity contribution is -0.127. The summed E-state index contributed by atoms with van der Waals surface area (Å²) in [5, 5.41) is 0. The predicted octanol–water partition coefficient (Wildman–Crippen LogP) is 5.95. The molecule has 150 valence electrons. The number of ether oxygens (including phenoxy) is 1. The van der Waals surface area contributed by atoms with Crippen molar-refractivity contribution in [2.75, 3.05) is 7.11 Å². The lowest BCUT2D eigenvalue weighted by Gasteiger charge is -2.48. The van der Waals surface area contributed by atoms with Gasteiger partial charge >= 0.3 is 0 Å². The maximum atomic E-state index is 13.4. The first-order valence-corrected chi connectivity index (χ1v) is 10.7. The van der Waals surface area contributed by atoms with Crippen LogP contribution in [0.15, 0.2) is 48.0 Å². The first kappa shape index (κ1) is 18.6. The van der Waals surface area contributed by atoms with Crippen LogP contribution in [0.3, 0.4) is 0 Å². The van der Waals surface area contributed by atoms with Crippen molar-refractivity contribution in [3.63, 3.8) is 0 Å². The first-order chi connectivity index (χ1) is 14.0. The number of allylic oxidation sites excluding steroid dienone is 1. The van der Waals surface area contributed by atoms with Crippen LogP contribution in [-0.4, -0.2) is 12.9 Å². The summed E-state index contributed by atoms with van der Waals surface area (Å²) in [6.45, 7) is 2.19. The van der Waals surface area contributed by atoms with Crippen LogP contribution < -0.4 is 4.74 Å². The van der Waals surface area contributed by atoms with Gasteiger partial charge in [0.05, 0.1) is 7.11 Å². The second-order valence-corrected chi connectivity index (χ2v) is 9.19. The summed E-state index contributed by atoms with van der Waals surface area (Å²) < 4.78 is 18.7. The van der Waals surface area contributed by atoms with Gasteiger partial charge in [-0.1, -0.05) is 25.1 Å². The van der Waals surface area contributed by atoms with Crippen LogP contribution in [0.5, 0.6) is 5.75 Å². The van der Waals surface area contributed by atoms with E-state index in [1.54, 1.807) is 19.2 Å². The van der Waals surface area contributed by atoms with E-state index in [2.05, 4.69) is 25.1 Å². The highest BCUT2D eigenvalue weighted by Gasteiger charge is 2.56. The van der Waals surface area contributed by atoms with Crippen LogP contribution in [0.1, 0.15) is 55.2 Å². The molecule has 0 radical (unpaired) electrons. The maximum absolute atomic E-state index is 13.4. The molecule has 3 heteroatoms. The third-order valence-corrected chi connectivity index (χ3v) is 7.78. The number of Topliss-reactive ketones (excluding diaryl/α,β-unsaturated/α-hetero) is 1. The molecule has 0 aromatic heterocycles. The molecule has 5 rings (SSSR count). The molecule has 4 atom stereocenters. The molecule has 0 N–H and O–H groups in total. The van der Waals surface area contributed by atoms with Crippen molar-refractivity contribution in [1.82, 2.24) is 0 Å². The molecule has 0 heterocycles. The van der Waals surface area contributed by atoms with Crippen LogP contribution in [0, 0.1) is 23.1 Å². The number of hydrogen-bond acceptors (Lipinski definition) is 2. The van der Waals surface area contributed by atoms with Gasteiger partial charge in [-0.05, 0) is 102 Å². The molecule has 2 nitrogen and oxygen atoms in total. The molecule has 0 bridgehead atoms. The number of carbonyl (C=O) groups excluding carboxylic acids is 1. The van der Waals surface area contributed by atoms with E-state index in [0.29, 0.717) is 23.5 Å². The minimum Gasteiger partial charge on any atom is -0.497 e. The van der Waals surface area contributed by atoms with E-state index in [0.717, 1.165) is 49.0 Å². The number of ketones is 1. The summed E-state index contributed by atoms with van der Waals surface area (Å²) in [4.78, 5) is 13.4. The average Bonchev–Trinajstić information content (AvgIpc) is 2.99. The molecule has 0 saturated heterocycles. The van der Waals surface area contributed by atoms with Crippen LogP contribution in [0.4, 0.5) is 4.39 Å². The molecule has 0 spiro atoms. The second-order valence-electron chi connectivity index (χ2n) is 9.19. The van der Waals surface area contributed by atoms with E-state index >= 15 is 0 Å². The summed E-state index contributed by atoms with van der Waals surface area (Å²) in [6, 6.07) is 13.0. The fraction of sp³-hybridized carbons (Fsp3) is 0.423. The maximum Gasteiger partial charge on any atom is 0.165 e. The number of methoxy groups -OCH3 is 1. The summed E-state index contributed by atoms with van der Waals surface area (Å²) in [6.07, 6.45) is 7.06. The Labute approximate surface area is 171 Å². The van der Waals surface area contributed by atoms with Gasteiger partial charge in [0.1, 0.15) is 11.6 Å². The van der Waals surface area contributed by atoms with E-state index in [9.17, 15) is 9.18 Å². The topological polar surface area (TPSA) is 26.3 Å². The largest absolute Gasteiger partial charge is 0.497 e. The van der Waals surface area contributed by atoms with E-state index in [4.69, 9.17) is 4.74 Å². The number of halogens is 1. The zero-order chi connectivity index (χ0) is 20.2. The van der Waals surface area contributed by atoms with Crippen LogP contribution >= 0.6 is 0 Å². The van der Waals surface area contributed by atoms with E-state index in [1.807, 2.05) is 6.08 Å². The molecule has 2 saturated carbocycles. The van der Waals surface area contributed by atoms with Gasteiger partial charge in [0.25, 0.3) is 0 Å². The normalized spacial score (nSPS) is 31.9. The Hall–Kier alpha value is -2.42. The molecule has 0 aliphatic heterocycles. The first-order valence-electron chi connectivity index (χ1n) is 10.7. The molecule has 3 aliphatic rings. The molecule has 2 fully saturated rings. The molecule has 4 unspecified atom stereocenters. The lowest BCUT2D eigenvalue weighted by Crippen LogP contribution is -2.42. The monoisotopic (exact) mass is 390 g/mol. The summed E-state index contributed by atoms with van der Waals surface area (Å²) >= 11 is 0. The Kier molecular flexibility index (Phi) is 4.38. The number of rotatable bonds is 2. The van der Waals surface area contributed by atoms with Crippen molar-refractivity contribution in [1.29, 1.82) is 0 Å². The Balaban J connectivity index is 1.47. The van der Waals surface area contributed by atoms with Crippen LogP contribution in [-0.2, 0) is 11.2 Å². The Morgan fingerprint density at radius 1 is 1.14 bits per heavy atom. The van der Waals surface area contributed by atoms with Gasteiger partial charge in [0.2, 0.25) is 0 Å². The van der Waals surface area contributed by atoms with Gasteiger partial charge in [-0.3, -0.25) is 4.79 Å². The number of carbonyl (C=O) groups is 1. The zero-order valence-corrected chi connectivity index (χ0v) is 17.1. The summed E-state index contributed by atoms with van der Waals surface area (Å²) in [5.74, 6) is 2.49. The fourth-order valence-corrected chi connectivity index (χ4v) is 6.25. The van der Waals surface area contributed by atoms with Gasteiger partial charge in [-0.15, -0.1) is 0 Å². The molecule has 2 aromatic carbocycles. The highest BCUT2D eigenvalue weighted by molar-refractivity contribution is 6.06. The molecular formula is C26H27FO2. The van der Waals surface area contributed by atoms with Gasteiger partial charge in [0, 0.05) is 5.41 Å². The molecule has 29 heavy (non-hydrogen) atoms. The SMILES string of the molecule is COc1ccc2c(c1)CCC1C2CCC2(C)C(=O)C(=Cc3ccc(F)cc3)CC12. The third-order valence-electron chi connectivity index (χ3n) is 7.78. The quantitative estimate of drug-likeness (QED) is 0.592. The molecule has 3 aliphatic carbocycles. The minimum atomic E-state index is -0.253. The lowest BCUT2D eigenvalue weighted by atomic mass is 9.55. The van der Waals surface area contributed by atoms with Gasteiger partial charge in [-0.2, -0.15) is 0 Å². The zero-order valence-electron chi connectivity index (χ0n) is 17.1. The summed E-state index contributed by atoms with van der Waals surface area (Å²) in [7, 11) is 1.72. The smallest absolute Gasteiger partial charge is 0.165 e. The van der Waals surface area contributed by atoms with Gasteiger partial charge in [0.15, 0.2) is 5.78 Å². The second kappa shape index (κ2) is 6.83. The van der Waals surface area contributed by atoms with Crippen LogP contribution in [0.2, 0.25) is 0 Å². The summed E-state index contributed by atoms with van der Waals surface area (Å²) in [5.41, 5.74) is 4.46. The predicted molar refractivity (Wildman–Crippen MR) is 112 cm³/mol. The molecule has 2 aromatic rings. The Morgan fingerprint density at radius 2 is 1.93 bits per heavy atom. The minimum absolute atomic E-state index is 0.245. The van der Waals surface area contributed by atoms with Gasteiger partial charge < -0.3 is 4.74 Å². The molecule has 0 amide bonds. The average molecular weight is 390 g/mol. The van der Waals surface area contributed by atoms with Crippen molar-refractivity contribution < 1.29 is 13.9 Å². The van der Waals surface area contributed by atoms with E-state index in [1.165, 1.54) is 23.3 Å². The number of fused-ring (bicyclic) bond motifs is 5. The highest BCUT2D eigenvalue weighted by Crippen LogP contribution is 2.60. The Morgan fingerprint density at radius 3 is 2.69 bits per heavy atom. The van der Waals surface area contributed by atoms with E-state index < -0.39 is 0 Å².